The lowest BCUT2D eigenvalue weighted by atomic mass is 10.0. The highest BCUT2D eigenvalue weighted by Gasteiger charge is 2.38. The normalized spacial score (nSPS) is 14.2. The van der Waals surface area contributed by atoms with Crippen LogP contribution in [-0.2, 0) is 9.59 Å². The average Bonchev–Trinajstić information content (AvgIpc) is 2.97. The van der Waals surface area contributed by atoms with E-state index in [0.717, 1.165) is 11.4 Å². The first kappa shape index (κ1) is 22.6. The molecular weight excluding hydrogens is 388 g/mol. The van der Waals surface area contributed by atoms with Crippen LogP contribution in [0.25, 0.3) is 5.57 Å². The number of nitrogens with one attached hydrogen (secondary N) is 1. The standard InChI is InChI=1S/C26H32N2O3/c1-6-15-28-25(29)23(20-9-13-22(14-10-20)31-16-17(2)3)24(26(28)30)27-21-11-7-19(8-12-21)18(4)5/h7-14,17-18,27H,6,15-16H2,1-5H3. The highest BCUT2D eigenvalue weighted by molar-refractivity contribution is 6.36. The van der Waals surface area contributed by atoms with Crippen molar-refractivity contribution in [2.24, 2.45) is 5.92 Å². The number of ether oxygens (including phenoxy) is 1. The van der Waals surface area contributed by atoms with E-state index in [0.29, 0.717) is 48.2 Å². The van der Waals surface area contributed by atoms with Crippen molar-refractivity contribution in [1.29, 1.82) is 0 Å². The molecule has 0 saturated heterocycles. The van der Waals surface area contributed by atoms with Crippen LogP contribution in [0, 0.1) is 5.92 Å². The molecule has 0 saturated carbocycles. The fraction of sp³-hybridized carbons (Fsp3) is 0.385. The zero-order valence-electron chi connectivity index (χ0n) is 19.1. The monoisotopic (exact) mass is 420 g/mol. The highest BCUT2D eigenvalue weighted by atomic mass is 16.5. The van der Waals surface area contributed by atoms with Crippen molar-refractivity contribution in [3.63, 3.8) is 0 Å². The van der Waals surface area contributed by atoms with Gasteiger partial charge in [-0.25, -0.2) is 0 Å². The van der Waals surface area contributed by atoms with Crippen LogP contribution in [0.1, 0.15) is 58.1 Å². The van der Waals surface area contributed by atoms with E-state index in [4.69, 9.17) is 4.74 Å². The number of anilines is 1. The van der Waals surface area contributed by atoms with Crippen molar-refractivity contribution < 1.29 is 14.3 Å². The maximum absolute atomic E-state index is 13.1. The van der Waals surface area contributed by atoms with Crippen molar-refractivity contribution in [2.45, 2.75) is 47.0 Å². The molecule has 0 unspecified atom stereocenters. The van der Waals surface area contributed by atoms with Crippen LogP contribution in [0.3, 0.4) is 0 Å². The third kappa shape index (κ3) is 5.16. The Labute approximate surface area is 185 Å². The van der Waals surface area contributed by atoms with Gasteiger partial charge in [0.2, 0.25) is 0 Å². The van der Waals surface area contributed by atoms with Crippen molar-refractivity contribution in [3.8, 4) is 5.75 Å². The molecule has 0 radical (unpaired) electrons. The third-order valence-corrected chi connectivity index (χ3v) is 5.19. The van der Waals surface area contributed by atoms with Crippen LogP contribution in [0.15, 0.2) is 54.2 Å². The van der Waals surface area contributed by atoms with Crippen LogP contribution in [-0.4, -0.2) is 29.9 Å². The number of benzene rings is 2. The van der Waals surface area contributed by atoms with Gasteiger partial charge in [-0.1, -0.05) is 58.9 Å². The largest absolute Gasteiger partial charge is 0.493 e. The minimum Gasteiger partial charge on any atom is -0.493 e. The number of nitrogens with zero attached hydrogens (tertiary/aromatic N) is 1. The van der Waals surface area contributed by atoms with Gasteiger partial charge in [0.15, 0.2) is 0 Å². The van der Waals surface area contributed by atoms with E-state index >= 15 is 0 Å². The van der Waals surface area contributed by atoms with E-state index in [1.165, 1.54) is 10.5 Å². The molecule has 0 atom stereocenters. The summed E-state index contributed by atoms with van der Waals surface area (Å²) < 4.78 is 5.75. The summed E-state index contributed by atoms with van der Waals surface area (Å²) in [7, 11) is 0. The van der Waals surface area contributed by atoms with Gasteiger partial charge in [-0.2, -0.15) is 0 Å². The van der Waals surface area contributed by atoms with Gasteiger partial charge in [-0.3, -0.25) is 14.5 Å². The molecule has 31 heavy (non-hydrogen) atoms. The lowest BCUT2D eigenvalue weighted by molar-refractivity contribution is -0.136. The van der Waals surface area contributed by atoms with E-state index < -0.39 is 0 Å². The lowest BCUT2D eigenvalue weighted by Crippen LogP contribution is -2.33. The third-order valence-electron chi connectivity index (χ3n) is 5.19. The number of amides is 2. The maximum atomic E-state index is 13.1. The Hall–Kier alpha value is -3.08. The molecule has 164 valence electrons. The number of imide groups is 1. The molecule has 0 bridgehead atoms. The van der Waals surface area contributed by atoms with Gasteiger partial charge in [0.25, 0.3) is 11.8 Å². The van der Waals surface area contributed by atoms with Crippen molar-refractivity contribution >= 4 is 23.1 Å². The Morgan fingerprint density at radius 1 is 0.903 bits per heavy atom. The molecule has 1 heterocycles. The van der Waals surface area contributed by atoms with Gasteiger partial charge in [0.1, 0.15) is 11.4 Å². The minimum absolute atomic E-state index is 0.260. The first-order valence-electron chi connectivity index (χ1n) is 11.0. The topological polar surface area (TPSA) is 58.6 Å². The van der Waals surface area contributed by atoms with Crippen molar-refractivity contribution in [2.75, 3.05) is 18.5 Å². The second kappa shape index (κ2) is 9.82. The van der Waals surface area contributed by atoms with E-state index in [-0.39, 0.29) is 11.8 Å². The summed E-state index contributed by atoms with van der Waals surface area (Å²) in [4.78, 5) is 27.5. The van der Waals surface area contributed by atoms with Crippen LogP contribution in [0.2, 0.25) is 0 Å². The lowest BCUT2D eigenvalue weighted by Gasteiger charge is -2.14. The van der Waals surface area contributed by atoms with Crippen molar-refractivity contribution in [3.05, 3.63) is 65.4 Å². The SMILES string of the molecule is CCCN1C(=O)C(Nc2ccc(C(C)C)cc2)=C(c2ccc(OCC(C)C)cc2)C1=O. The highest BCUT2D eigenvalue weighted by Crippen LogP contribution is 2.32. The molecule has 2 aromatic carbocycles. The smallest absolute Gasteiger partial charge is 0.278 e. The molecule has 2 amide bonds. The van der Waals surface area contributed by atoms with Gasteiger partial charge >= 0.3 is 0 Å². The zero-order chi connectivity index (χ0) is 22.5. The molecule has 1 N–H and O–H groups in total. The number of carbonyl (C=O) groups excluding carboxylic acids is 2. The first-order valence-corrected chi connectivity index (χ1v) is 11.0. The van der Waals surface area contributed by atoms with Gasteiger partial charge in [-0.15, -0.1) is 0 Å². The van der Waals surface area contributed by atoms with Gasteiger partial charge in [0.05, 0.1) is 12.2 Å². The summed E-state index contributed by atoms with van der Waals surface area (Å²) >= 11 is 0. The summed E-state index contributed by atoms with van der Waals surface area (Å²) in [5.74, 6) is 1.06. The predicted molar refractivity (Wildman–Crippen MR) is 125 cm³/mol. The fourth-order valence-corrected chi connectivity index (χ4v) is 3.46. The summed E-state index contributed by atoms with van der Waals surface area (Å²) in [5.41, 5.74) is 3.44. The first-order chi connectivity index (χ1) is 14.8. The molecule has 0 fully saturated rings. The van der Waals surface area contributed by atoms with Gasteiger partial charge in [-0.05, 0) is 53.6 Å². The fourth-order valence-electron chi connectivity index (χ4n) is 3.46. The van der Waals surface area contributed by atoms with Crippen molar-refractivity contribution in [1.82, 2.24) is 4.90 Å². The molecule has 3 rings (SSSR count). The number of rotatable bonds is 9. The van der Waals surface area contributed by atoms with Gasteiger partial charge in [0, 0.05) is 12.2 Å². The van der Waals surface area contributed by atoms with E-state index in [2.05, 4.69) is 33.0 Å². The Balaban J connectivity index is 1.93. The molecule has 1 aliphatic heterocycles. The Kier molecular flexibility index (Phi) is 7.16. The average molecular weight is 421 g/mol. The van der Waals surface area contributed by atoms with E-state index in [1.54, 1.807) is 0 Å². The zero-order valence-corrected chi connectivity index (χ0v) is 19.1. The molecule has 5 nitrogen and oxygen atoms in total. The summed E-state index contributed by atoms with van der Waals surface area (Å²) in [6.45, 7) is 11.4. The molecule has 2 aromatic rings. The van der Waals surface area contributed by atoms with Crippen LogP contribution >= 0.6 is 0 Å². The Morgan fingerprint density at radius 2 is 1.55 bits per heavy atom. The van der Waals surface area contributed by atoms with Gasteiger partial charge < -0.3 is 10.1 Å². The van der Waals surface area contributed by atoms with E-state index in [9.17, 15) is 9.59 Å². The number of hydrogen-bond acceptors (Lipinski definition) is 4. The van der Waals surface area contributed by atoms with Crippen LogP contribution < -0.4 is 10.1 Å². The maximum Gasteiger partial charge on any atom is 0.278 e. The summed E-state index contributed by atoms with van der Waals surface area (Å²) in [5, 5.41) is 3.22. The molecular formula is C26H32N2O3. The second-order valence-corrected chi connectivity index (χ2v) is 8.64. The number of hydrogen-bond donors (Lipinski definition) is 1. The van der Waals surface area contributed by atoms with Crippen LogP contribution in [0.5, 0.6) is 5.75 Å². The molecule has 1 aliphatic rings. The Bertz CT molecular complexity index is 957. The predicted octanol–water partition coefficient (Wildman–Crippen LogP) is 5.45. The Morgan fingerprint density at radius 3 is 2.10 bits per heavy atom. The molecule has 0 aromatic heterocycles. The summed E-state index contributed by atoms with van der Waals surface area (Å²) in [6.07, 6.45) is 0.711. The van der Waals surface area contributed by atoms with Crippen LogP contribution in [0.4, 0.5) is 5.69 Å². The number of carbonyl (C=O) groups is 2. The van der Waals surface area contributed by atoms with E-state index in [1.807, 2.05) is 55.5 Å². The second-order valence-electron chi connectivity index (χ2n) is 8.64. The molecule has 0 aliphatic carbocycles. The molecule has 5 heteroatoms. The minimum atomic E-state index is -0.282. The quantitative estimate of drug-likeness (QED) is 0.548. The summed E-state index contributed by atoms with van der Waals surface area (Å²) in [6, 6.07) is 15.4. The molecule has 0 spiro atoms.